The highest BCUT2D eigenvalue weighted by molar-refractivity contribution is 7.74. The molecule has 8 heavy (non-hydrogen) atoms. The summed E-state index contributed by atoms with van der Waals surface area (Å²) in [6.45, 7) is 4.94. The summed E-state index contributed by atoms with van der Waals surface area (Å²) in [4.78, 5) is 0. The first kappa shape index (κ1) is 8.91. The van der Waals surface area contributed by atoms with Gasteiger partial charge in [-0.05, 0) is 12.8 Å². The van der Waals surface area contributed by atoms with Crippen molar-refractivity contribution in [2.45, 2.75) is 12.8 Å². The van der Waals surface area contributed by atoms with Gasteiger partial charge in [0.1, 0.15) is 0 Å². The molecule has 1 saturated heterocycles. The van der Waals surface area contributed by atoms with E-state index in [0.29, 0.717) is 0 Å². The Morgan fingerprint density at radius 2 is 1.38 bits per heavy atom. The summed E-state index contributed by atoms with van der Waals surface area (Å²) in [5.74, 6) is 0. The van der Waals surface area contributed by atoms with Crippen molar-refractivity contribution in [3.63, 3.8) is 0 Å². The second-order valence-corrected chi connectivity index (χ2v) is 7.86. The van der Waals surface area contributed by atoms with Crippen LogP contribution in [0.1, 0.15) is 12.8 Å². The van der Waals surface area contributed by atoms with E-state index in [1.807, 2.05) is 0 Å². The Morgan fingerprint density at radius 3 is 1.50 bits per heavy atom. The van der Waals surface area contributed by atoms with Gasteiger partial charge in [0, 0.05) is 20.6 Å². The lowest BCUT2D eigenvalue weighted by atomic mass is 10.4. The molecule has 0 aromatic heterocycles. The first-order valence-corrected chi connectivity index (χ1v) is 6.08. The molecule has 0 nitrogen and oxygen atoms in total. The highest BCUT2D eigenvalue weighted by Gasteiger charge is 2.28. The van der Waals surface area contributed by atoms with Crippen LogP contribution in [0.25, 0.3) is 0 Å². The third-order valence-corrected chi connectivity index (χ3v) is 4.83. The maximum Gasteiger partial charge on any atom is 0.0590 e. The minimum Gasteiger partial charge on any atom is -1.00 e. The Balaban J connectivity index is 0.000000490. The standard InChI is InChI=1S/C6H14P.BrH/c1-7(2)5-3-4-6-7;/h3-6H2,1-2H3;1H/q+1;/p-1. The van der Waals surface area contributed by atoms with E-state index in [0.717, 1.165) is 0 Å². The molecule has 0 aliphatic carbocycles. The van der Waals surface area contributed by atoms with Gasteiger partial charge in [0.2, 0.25) is 0 Å². The lowest BCUT2D eigenvalue weighted by Crippen LogP contribution is -3.00. The number of hydrogen-bond donors (Lipinski definition) is 0. The predicted octanol–water partition coefficient (Wildman–Crippen LogP) is -0.939. The SMILES string of the molecule is C[P+]1(C)CCCC1.[Br-]. The molecule has 1 aliphatic heterocycles. The lowest BCUT2D eigenvalue weighted by molar-refractivity contribution is -0.00000173. The maximum absolute atomic E-state index is 2.47. The van der Waals surface area contributed by atoms with Crippen molar-refractivity contribution in [3.05, 3.63) is 0 Å². The van der Waals surface area contributed by atoms with E-state index in [4.69, 9.17) is 0 Å². The zero-order chi connectivity index (χ0) is 5.33. The second-order valence-electron chi connectivity index (χ2n) is 3.09. The van der Waals surface area contributed by atoms with Crippen LogP contribution in [-0.2, 0) is 0 Å². The molecule has 0 atom stereocenters. The quantitative estimate of drug-likeness (QED) is 0.440. The Morgan fingerprint density at radius 1 is 1.00 bits per heavy atom. The summed E-state index contributed by atoms with van der Waals surface area (Å²) < 4.78 is 0. The average Bonchev–Trinajstić information content (AvgIpc) is 1.84. The monoisotopic (exact) mass is 196 g/mol. The van der Waals surface area contributed by atoms with Crippen LogP contribution in [0.15, 0.2) is 0 Å². The van der Waals surface area contributed by atoms with E-state index in [1.165, 1.54) is 12.8 Å². The largest absolute Gasteiger partial charge is 1.00 e. The van der Waals surface area contributed by atoms with Crippen molar-refractivity contribution >= 4 is 7.26 Å². The van der Waals surface area contributed by atoms with E-state index in [9.17, 15) is 0 Å². The minimum absolute atomic E-state index is 0. The Bertz CT molecular complexity index is 62.9. The molecule has 50 valence electrons. The molecule has 1 aliphatic rings. The first-order chi connectivity index (χ1) is 3.21. The van der Waals surface area contributed by atoms with Crippen molar-refractivity contribution in [2.24, 2.45) is 0 Å². The molecule has 0 unspecified atom stereocenters. The number of halogens is 1. The summed E-state index contributed by atoms with van der Waals surface area (Å²) in [6, 6.07) is 0. The van der Waals surface area contributed by atoms with Crippen molar-refractivity contribution < 1.29 is 17.0 Å². The topological polar surface area (TPSA) is 0 Å². The van der Waals surface area contributed by atoms with Gasteiger partial charge in [0.25, 0.3) is 0 Å². The van der Waals surface area contributed by atoms with Gasteiger partial charge in [-0.3, -0.25) is 0 Å². The summed E-state index contributed by atoms with van der Waals surface area (Å²) in [5, 5.41) is 0. The third kappa shape index (κ3) is 2.46. The fourth-order valence-corrected chi connectivity index (χ4v) is 3.57. The van der Waals surface area contributed by atoms with E-state index >= 15 is 0 Å². The Hall–Kier alpha value is 0.910. The molecule has 0 amide bonds. The normalized spacial score (nSPS) is 24.8. The molecule has 0 spiro atoms. The minimum atomic E-state index is -0.293. The Labute approximate surface area is 63.2 Å². The van der Waals surface area contributed by atoms with Crippen molar-refractivity contribution in [2.75, 3.05) is 25.7 Å². The van der Waals surface area contributed by atoms with Crippen molar-refractivity contribution in [1.29, 1.82) is 0 Å². The lowest BCUT2D eigenvalue weighted by Gasteiger charge is -2.06. The number of hydrogen-bond acceptors (Lipinski definition) is 0. The van der Waals surface area contributed by atoms with Gasteiger partial charge in [0.15, 0.2) is 0 Å². The van der Waals surface area contributed by atoms with Gasteiger partial charge < -0.3 is 17.0 Å². The molecular formula is C6H14BrP. The van der Waals surface area contributed by atoms with Gasteiger partial charge in [0.05, 0.1) is 12.3 Å². The van der Waals surface area contributed by atoms with E-state index < -0.39 is 0 Å². The molecular weight excluding hydrogens is 183 g/mol. The van der Waals surface area contributed by atoms with E-state index in [2.05, 4.69) is 13.3 Å². The fourth-order valence-electron chi connectivity index (χ4n) is 1.19. The van der Waals surface area contributed by atoms with Gasteiger partial charge in [-0.2, -0.15) is 0 Å². The highest BCUT2D eigenvalue weighted by atomic mass is 79.9. The molecule has 0 radical (unpaired) electrons. The van der Waals surface area contributed by atoms with Crippen LogP contribution < -0.4 is 17.0 Å². The van der Waals surface area contributed by atoms with Crippen molar-refractivity contribution in [3.8, 4) is 0 Å². The molecule has 0 aromatic carbocycles. The fraction of sp³-hybridized carbons (Fsp3) is 1.00. The van der Waals surface area contributed by atoms with Crippen LogP contribution in [0.3, 0.4) is 0 Å². The Kier molecular flexibility index (Phi) is 3.53. The smallest absolute Gasteiger partial charge is 0.0590 e. The highest BCUT2D eigenvalue weighted by Crippen LogP contribution is 2.56. The summed E-state index contributed by atoms with van der Waals surface area (Å²) in [6.07, 6.45) is 6.15. The molecule has 1 heterocycles. The predicted molar refractivity (Wildman–Crippen MR) is 37.7 cm³/mol. The van der Waals surface area contributed by atoms with Gasteiger partial charge >= 0.3 is 0 Å². The van der Waals surface area contributed by atoms with E-state index in [-0.39, 0.29) is 24.2 Å². The molecule has 0 bridgehead atoms. The van der Waals surface area contributed by atoms with Crippen LogP contribution in [-0.4, -0.2) is 25.7 Å². The molecule has 1 rings (SSSR count). The van der Waals surface area contributed by atoms with Crippen molar-refractivity contribution in [1.82, 2.24) is 0 Å². The zero-order valence-electron chi connectivity index (χ0n) is 5.65. The first-order valence-electron chi connectivity index (χ1n) is 3.03. The van der Waals surface area contributed by atoms with Crippen LogP contribution in [0, 0.1) is 0 Å². The molecule has 2 heteroatoms. The molecule has 0 N–H and O–H groups in total. The summed E-state index contributed by atoms with van der Waals surface area (Å²) in [7, 11) is -0.293. The van der Waals surface area contributed by atoms with Gasteiger partial charge in [-0.25, -0.2) is 0 Å². The van der Waals surface area contributed by atoms with Crippen LogP contribution in [0.5, 0.6) is 0 Å². The van der Waals surface area contributed by atoms with Gasteiger partial charge in [-0.15, -0.1) is 0 Å². The maximum atomic E-state index is 2.47. The van der Waals surface area contributed by atoms with Crippen LogP contribution in [0.4, 0.5) is 0 Å². The number of rotatable bonds is 0. The van der Waals surface area contributed by atoms with Gasteiger partial charge in [-0.1, -0.05) is 0 Å². The zero-order valence-corrected chi connectivity index (χ0v) is 8.13. The molecule has 0 saturated carbocycles. The third-order valence-electron chi connectivity index (χ3n) is 1.78. The molecule has 0 aromatic rings. The van der Waals surface area contributed by atoms with Crippen LogP contribution in [0.2, 0.25) is 0 Å². The summed E-state index contributed by atoms with van der Waals surface area (Å²) >= 11 is 0. The van der Waals surface area contributed by atoms with E-state index in [1.54, 1.807) is 12.3 Å². The van der Waals surface area contributed by atoms with Crippen LogP contribution >= 0.6 is 7.26 Å². The average molecular weight is 197 g/mol. The molecule has 1 fully saturated rings. The summed E-state index contributed by atoms with van der Waals surface area (Å²) in [5.41, 5.74) is 0. The second kappa shape index (κ2) is 3.17.